The van der Waals surface area contributed by atoms with Crippen LogP contribution < -0.4 is 0 Å². The Bertz CT molecular complexity index is 182. The van der Waals surface area contributed by atoms with Crippen LogP contribution in [0.3, 0.4) is 0 Å². The summed E-state index contributed by atoms with van der Waals surface area (Å²) in [6.45, 7) is 13.1. The Morgan fingerprint density at radius 1 is 0.882 bits per heavy atom. The van der Waals surface area contributed by atoms with E-state index < -0.39 is 8.56 Å². The van der Waals surface area contributed by atoms with Crippen LogP contribution in [0.1, 0.15) is 39.5 Å². The summed E-state index contributed by atoms with van der Waals surface area (Å²) in [5.74, 6) is 0. The van der Waals surface area contributed by atoms with Crippen molar-refractivity contribution in [3.05, 3.63) is 25.3 Å². The summed E-state index contributed by atoms with van der Waals surface area (Å²) in [7, 11) is -2.02. The van der Waals surface area contributed by atoms with Gasteiger partial charge in [-0.05, 0) is 12.1 Å². The van der Waals surface area contributed by atoms with E-state index in [9.17, 15) is 0 Å². The van der Waals surface area contributed by atoms with Crippen LogP contribution >= 0.6 is 0 Å². The predicted molar refractivity (Wildman–Crippen MR) is 77.5 cm³/mol. The molecule has 0 aromatic carbocycles. The van der Waals surface area contributed by atoms with Crippen molar-refractivity contribution in [2.24, 2.45) is 0 Å². The van der Waals surface area contributed by atoms with E-state index in [2.05, 4.69) is 27.0 Å². The predicted octanol–water partition coefficient (Wildman–Crippen LogP) is 4.43. The van der Waals surface area contributed by atoms with Gasteiger partial charge in [0.15, 0.2) is 0 Å². The van der Waals surface area contributed by atoms with E-state index in [4.69, 9.17) is 8.85 Å². The van der Waals surface area contributed by atoms with Crippen LogP contribution in [0.2, 0.25) is 12.1 Å². The second-order valence-corrected chi connectivity index (χ2v) is 7.72. The van der Waals surface area contributed by atoms with Crippen molar-refractivity contribution in [3.63, 3.8) is 0 Å². The maximum atomic E-state index is 6.04. The van der Waals surface area contributed by atoms with Crippen LogP contribution in [0.15, 0.2) is 25.3 Å². The van der Waals surface area contributed by atoms with Gasteiger partial charge >= 0.3 is 8.56 Å². The van der Waals surface area contributed by atoms with Crippen LogP contribution in [0.25, 0.3) is 0 Å². The molecule has 0 fully saturated rings. The highest BCUT2D eigenvalue weighted by atomic mass is 28.4. The van der Waals surface area contributed by atoms with E-state index in [0.29, 0.717) is 13.2 Å². The molecule has 0 aliphatic rings. The standard InChI is InChI=1S/C14H28O2Si/c1-5-9-13-17(14-10-6-2,15-11-7-3)16-12-8-4/h7-8H,3-6,9-14H2,1-2H3. The van der Waals surface area contributed by atoms with Crippen molar-refractivity contribution < 1.29 is 8.85 Å². The van der Waals surface area contributed by atoms with Crippen LogP contribution in [0.4, 0.5) is 0 Å². The molecular weight excluding hydrogens is 228 g/mol. The smallest absolute Gasteiger partial charge is 0.338 e. The van der Waals surface area contributed by atoms with Crippen molar-refractivity contribution in [1.82, 2.24) is 0 Å². The van der Waals surface area contributed by atoms with E-state index >= 15 is 0 Å². The van der Waals surface area contributed by atoms with Gasteiger partial charge in [0.2, 0.25) is 0 Å². The molecule has 2 nitrogen and oxygen atoms in total. The molecule has 0 bridgehead atoms. The first-order valence-corrected chi connectivity index (χ1v) is 8.97. The fraction of sp³-hybridized carbons (Fsp3) is 0.714. The van der Waals surface area contributed by atoms with Crippen molar-refractivity contribution in [1.29, 1.82) is 0 Å². The third-order valence-corrected chi connectivity index (χ3v) is 6.37. The Morgan fingerprint density at radius 2 is 1.29 bits per heavy atom. The van der Waals surface area contributed by atoms with Gasteiger partial charge in [-0.15, -0.1) is 13.2 Å². The van der Waals surface area contributed by atoms with E-state index in [1.165, 1.54) is 25.7 Å². The summed E-state index contributed by atoms with van der Waals surface area (Å²) in [6.07, 6.45) is 8.38. The SMILES string of the molecule is C=CCO[Si](CCCC)(CCCC)OCC=C. The number of unbranched alkanes of at least 4 members (excludes halogenated alkanes) is 2. The van der Waals surface area contributed by atoms with E-state index in [1.54, 1.807) is 0 Å². The van der Waals surface area contributed by atoms with Crippen LogP contribution in [-0.2, 0) is 8.85 Å². The molecule has 0 N–H and O–H groups in total. The van der Waals surface area contributed by atoms with Crippen LogP contribution in [-0.4, -0.2) is 21.8 Å². The lowest BCUT2D eigenvalue weighted by molar-refractivity contribution is 0.198. The van der Waals surface area contributed by atoms with E-state index in [0.717, 1.165) is 12.1 Å². The van der Waals surface area contributed by atoms with Crippen LogP contribution in [0, 0.1) is 0 Å². The first kappa shape index (κ1) is 16.6. The molecule has 0 rings (SSSR count). The lowest BCUT2D eigenvalue weighted by atomic mass is 10.4. The molecule has 0 aliphatic carbocycles. The second kappa shape index (κ2) is 10.8. The summed E-state index contributed by atoms with van der Waals surface area (Å²) in [6, 6.07) is 2.18. The second-order valence-electron chi connectivity index (χ2n) is 4.32. The van der Waals surface area contributed by atoms with Gasteiger partial charge in [-0.1, -0.05) is 51.7 Å². The topological polar surface area (TPSA) is 18.5 Å². The lowest BCUT2D eigenvalue weighted by Gasteiger charge is -2.30. The zero-order chi connectivity index (χ0) is 13.0. The molecule has 100 valence electrons. The average Bonchev–Trinajstić information content (AvgIpc) is 2.37. The Morgan fingerprint density at radius 3 is 1.59 bits per heavy atom. The van der Waals surface area contributed by atoms with Gasteiger partial charge in [0, 0.05) is 0 Å². The van der Waals surface area contributed by atoms with Gasteiger partial charge in [0.1, 0.15) is 0 Å². The lowest BCUT2D eigenvalue weighted by Crippen LogP contribution is -2.42. The number of hydrogen-bond acceptors (Lipinski definition) is 2. The largest absolute Gasteiger partial charge is 0.390 e. The third-order valence-electron chi connectivity index (χ3n) is 2.75. The van der Waals surface area contributed by atoms with Gasteiger partial charge in [0.05, 0.1) is 13.2 Å². The van der Waals surface area contributed by atoms with Gasteiger partial charge in [-0.2, -0.15) is 0 Å². The fourth-order valence-corrected chi connectivity index (χ4v) is 5.31. The molecule has 0 heterocycles. The minimum Gasteiger partial charge on any atom is -0.390 e. The van der Waals surface area contributed by atoms with E-state index in [1.807, 2.05) is 12.2 Å². The highest BCUT2D eigenvalue weighted by molar-refractivity contribution is 6.67. The zero-order valence-corrected chi connectivity index (χ0v) is 12.5. The van der Waals surface area contributed by atoms with Crippen molar-refractivity contribution in [2.75, 3.05) is 13.2 Å². The van der Waals surface area contributed by atoms with E-state index in [-0.39, 0.29) is 0 Å². The van der Waals surface area contributed by atoms with Crippen molar-refractivity contribution >= 4 is 8.56 Å². The molecular formula is C14H28O2Si. The number of hydrogen-bond donors (Lipinski definition) is 0. The summed E-state index contributed by atoms with van der Waals surface area (Å²) in [5, 5.41) is 0. The molecule has 0 aromatic rings. The van der Waals surface area contributed by atoms with Crippen molar-refractivity contribution in [2.45, 2.75) is 51.6 Å². The Labute approximate surface area is 108 Å². The molecule has 0 unspecified atom stereocenters. The first-order valence-electron chi connectivity index (χ1n) is 6.74. The molecule has 3 heteroatoms. The fourth-order valence-electron chi connectivity index (χ4n) is 1.77. The summed E-state index contributed by atoms with van der Waals surface area (Å²) < 4.78 is 12.1. The molecule has 0 spiro atoms. The number of rotatable bonds is 12. The van der Waals surface area contributed by atoms with Crippen molar-refractivity contribution in [3.8, 4) is 0 Å². The molecule has 0 aromatic heterocycles. The Balaban J connectivity index is 4.49. The minimum absolute atomic E-state index is 0.608. The van der Waals surface area contributed by atoms with Gasteiger partial charge in [-0.25, -0.2) is 0 Å². The van der Waals surface area contributed by atoms with Gasteiger partial charge in [0.25, 0.3) is 0 Å². The normalized spacial score (nSPS) is 11.4. The average molecular weight is 256 g/mol. The molecule has 0 radical (unpaired) electrons. The monoisotopic (exact) mass is 256 g/mol. The summed E-state index contributed by atoms with van der Waals surface area (Å²) in [5.41, 5.74) is 0. The minimum atomic E-state index is -2.02. The molecule has 0 saturated carbocycles. The Kier molecular flexibility index (Phi) is 10.5. The van der Waals surface area contributed by atoms with Crippen LogP contribution in [0.5, 0.6) is 0 Å². The summed E-state index contributed by atoms with van der Waals surface area (Å²) in [4.78, 5) is 0. The highest BCUT2D eigenvalue weighted by Crippen LogP contribution is 2.24. The summed E-state index contributed by atoms with van der Waals surface area (Å²) >= 11 is 0. The molecule has 0 saturated heterocycles. The third kappa shape index (κ3) is 7.52. The maximum Gasteiger partial charge on any atom is 0.338 e. The molecule has 0 amide bonds. The highest BCUT2D eigenvalue weighted by Gasteiger charge is 2.35. The molecule has 0 atom stereocenters. The quantitative estimate of drug-likeness (QED) is 0.380. The molecule has 17 heavy (non-hydrogen) atoms. The molecule has 0 aliphatic heterocycles. The first-order chi connectivity index (χ1) is 8.24. The Hall–Kier alpha value is -0.383. The maximum absolute atomic E-state index is 6.04. The van der Waals surface area contributed by atoms with Gasteiger partial charge in [-0.3, -0.25) is 0 Å². The van der Waals surface area contributed by atoms with Gasteiger partial charge < -0.3 is 8.85 Å². The zero-order valence-electron chi connectivity index (χ0n) is 11.5.